The van der Waals surface area contributed by atoms with Gasteiger partial charge in [0.2, 0.25) is 0 Å². The summed E-state index contributed by atoms with van der Waals surface area (Å²) in [7, 11) is 0. The Morgan fingerprint density at radius 1 is 1.42 bits per heavy atom. The minimum atomic E-state index is 0.212. The van der Waals surface area contributed by atoms with Crippen LogP contribution in [0.15, 0.2) is 23.4 Å². The molecule has 0 unspecified atom stereocenters. The van der Waals surface area contributed by atoms with Crippen molar-refractivity contribution >= 4 is 35.4 Å². The molecular formula is C14H20N2OS2. The summed E-state index contributed by atoms with van der Waals surface area (Å²) in [5.74, 6) is 2.74. The fraction of sp³-hybridized carbons (Fsp3) is 0.500. The van der Waals surface area contributed by atoms with Crippen LogP contribution in [0.1, 0.15) is 20.8 Å². The highest BCUT2D eigenvalue weighted by atomic mass is 32.2. The van der Waals surface area contributed by atoms with Crippen LogP contribution in [0.5, 0.6) is 5.75 Å². The smallest absolute Gasteiger partial charge is 0.166 e. The van der Waals surface area contributed by atoms with E-state index in [1.54, 1.807) is 11.8 Å². The Morgan fingerprint density at radius 3 is 2.89 bits per heavy atom. The molecule has 104 valence electrons. The lowest BCUT2D eigenvalue weighted by atomic mass is 10.0. The van der Waals surface area contributed by atoms with E-state index in [2.05, 4.69) is 36.4 Å². The van der Waals surface area contributed by atoms with Crippen molar-refractivity contribution in [1.82, 2.24) is 9.97 Å². The van der Waals surface area contributed by atoms with Crippen LogP contribution in [0.25, 0.3) is 11.0 Å². The summed E-state index contributed by atoms with van der Waals surface area (Å²) in [6.45, 7) is 7.08. The molecule has 0 aliphatic rings. The number of H-pyrrole nitrogens is 1. The number of imidazole rings is 1. The van der Waals surface area contributed by atoms with Crippen LogP contribution < -0.4 is 4.74 Å². The number of ether oxygens (including phenoxy) is 1. The summed E-state index contributed by atoms with van der Waals surface area (Å²) < 4.78 is 5.49. The van der Waals surface area contributed by atoms with Gasteiger partial charge in [-0.25, -0.2) is 4.98 Å². The molecular weight excluding hydrogens is 276 g/mol. The number of thioether (sulfide) groups is 1. The van der Waals surface area contributed by atoms with E-state index < -0.39 is 0 Å². The van der Waals surface area contributed by atoms with E-state index in [4.69, 9.17) is 4.74 Å². The number of hydrogen-bond acceptors (Lipinski definition) is 4. The summed E-state index contributed by atoms with van der Waals surface area (Å²) in [5.41, 5.74) is 2.22. The van der Waals surface area contributed by atoms with Crippen LogP contribution in [0.3, 0.4) is 0 Å². The Morgan fingerprint density at radius 2 is 2.21 bits per heavy atom. The van der Waals surface area contributed by atoms with Crippen LogP contribution in [0.4, 0.5) is 0 Å². The number of thiol groups is 1. The molecule has 1 N–H and O–H groups in total. The van der Waals surface area contributed by atoms with Crippen molar-refractivity contribution in [1.29, 1.82) is 0 Å². The van der Waals surface area contributed by atoms with Crippen LogP contribution in [-0.2, 0) is 0 Å². The Kier molecular flexibility index (Phi) is 4.68. The van der Waals surface area contributed by atoms with Crippen molar-refractivity contribution in [3.8, 4) is 5.75 Å². The molecule has 0 amide bonds. The molecule has 0 fully saturated rings. The third-order valence-electron chi connectivity index (χ3n) is 2.77. The van der Waals surface area contributed by atoms with E-state index in [0.717, 1.165) is 33.4 Å². The summed E-state index contributed by atoms with van der Waals surface area (Å²) >= 11 is 6.11. The molecule has 19 heavy (non-hydrogen) atoms. The molecule has 0 spiro atoms. The summed E-state index contributed by atoms with van der Waals surface area (Å²) in [4.78, 5) is 7.92. The second-order valence-corrected chi connectivity index (χ2v) is 6.55. The molecule has 5 heteroatoms. The molecule has 2 aromatic rings. The molecule has 0 saturated heterocycles. The van der Waals surface area contributed by atoms with Crippen LogP contribution >= 0.6 is 24.4 Å². The lowest BCUT2D eigenvalue weighted by Gasteiger charge is -2.20. The van der Waals surface area contributed by atoms with Crippen LogP contribution in [0.2, 0.25) is 0 Å². The van der Waals surface area contributed by atoms with Crippen molar-refractivity contribution in [2.45, 2.75) is 25.9 Å². The van der Waals surface area contributed by atoms with Gasteiger partial charge in [-0.15, -0.1) is 0 Å². The lowest BCUT2D eigenvalue weighted by Crippen LogP contribution is -2.16. The average molecular weight is 296 g/mol. The van der Waals surface area contributed by atoms with Gasteiger partial charge in [-0.1, -0.05) is 25.6 Å². The maximum absolute atomic E-state index is 5.49. The van der Waals surface area contributed by atoms with Crippen molar-refractivity contribution in [3.05, 3.63) is 18.2 Å². The van der Waals surface area contributed by atoms with Gasteiger partial charge in [0.1, 0.15) is 5.75 Å². The standard InChI is InChI=1S/C14H20N2OS2/c1-4-17-10-5-6-11-12(7-10)16-13(15-11)19-9-14(2,3)8-18/h5-7,18H,4,8-9H2,1-3H3,(H,15,16). The molecule has 3 nitrogen and oxygen atoms in total. The van der Waals surface area contributed by atoms with Crippen LogP contribution in [-0.4, -0.2) is 28.1 Å². The molecule has 0 aliphatic heterocycles. The van der Waals surface area contributed by atoms with Gasteiger partial charge in [0, 0.05) is 11.8 Å². The Hall–Kier alpha value is -0.810. The maximum Gasteiger partial charge on any atom is 0.166 e. The van der Waals surface area contributed by atoms with Gasteiger partial charge >= 0.3 is 0 Å². The maximum atomic E-state index is 5.49. The number of aromatic amines is 1. The largest absolute Gasteiger partial charge is 0.494 e. The topological polar surface area (TPSA) is 37.9 Å². The molecule has 0 bridgehead atoms. The highest BCUT2D eigenvalue weighted by molar-refractivity contribution is 7.99. The second-order valence-electron chi connectivity index (χ2n) is 5.26. The van der Waals surface area contributed by atoms with E-state index in [1.165, 1.54) is 0 Å². The Labute approximate surface area is 123 Å². The highest BCUT2D eigenvalue weighted by Crippen LogP contribution is 2.29. The number of rotatable bonds is 6. The van der Waals surface area contributed by atoms with Gasteiger partial charge in [0.25, 0.3) is 0 Å². The fourth-order valence-corrected chi connectivity index (χ4v) is 2.84. The zero-order valence-electron chi connectivity index (χ0n) is 11.6. The second kappa shape index (κ2) is 6.09. The molecule has 2 rings (SSSR count). The van der Waals surface area contributed by atoms with E-state index in [-0.39, 0.29) is 5.41 Å². The minimum absolute atomic E-state index is 0.212. The lowest BCUT2D eigenvalue weighted by molar-refractivity contribution is 0.340. The van der Waals surface area contributed by atoms with E-state index in [9.17, 15) is 0 Å². The van der Waals surface area contributed by atoms with E-state index >= 15 is 0 Å². The third-order valence-corrected chi connectivity index (χ3v) is 5.02. The summed E-state index contributed by atoms with van der Waals surface area (Å²) in [6.07, 6.45) is 0. The third kappa shape index (κ3) is 3.83. The summed E-state index contributed by atoms with van der Waals surface area (Å²) in [5, 5.41) is 0.957. The molecule has 1 heterocycles. The molecule has 0 saturated carbocycles. The van der Waals surface area contributed by atoms with Gasteiger partial charge in [0.15, 0.2) is 5.16 Å². The number of benzene rings is 1. The van der Waals surface area contributed by atoms with Gasteiger partial charge < -0.3 is 9.72 Å². The minimum Gasteiger partial charge on any atom is -0.494 e. The number of fused-ring (bicyclic) bond motifs is 1. The van der Waals surface area contributed by atoms with E-state index in [0.29, 0.717) is 6.61 Å². The summed E-state index contributed by atoms with van der Waals surface area (Å²) in [6, 6.07) is 5.95. The first-order valence-electron chi connectivity index (χ1n) is 6.40. The molecule has 0 radical (unpaired) electrons. The van der Waals surface area contributed by atoms with Gasteiger partial charge in [0.05, 0.1) is 17.6 Å². The van der Waals surface area contributed by atoms with E-state index in [1.807, 2.05) is 25.1 Å². The van der Waals surface area contributed by atoms with Crippen molar-refractivity contribution in [2.75, 3.05) is 18.1 Å². The Balaban J connectivity index is 2.13. The SMILES string of the molecule is CCOc1ccc2nc(SCC(C)(C)CS)[nH]c2c1. The molecule has 1 aromatic heterocycles. The van der Waals surface area contributed by atoms with Crippen molar-refractivity contribution < 1.29 is 4.74 Å². The zero-order chi connectivity index (χ0) is 13.9. The van der Waals surface area contributed by atoms with Gasteiger partial charge in [-0.05, 0) is 30.2 Å². The van der Waals surface area contributed by atoms with Gasteiger partial charge in [-0.2, -0.15) is 12.6 Å². The first-order chi connectivity index (χ1) is 9.04. The first kappa shape index (κ1) is 14.6. The number of hydrogen-bond donors (Lipinski definition) is 2. The van der Waals surface area contributed by atoms with Gasteiger partial charge in [-0.3, -0.25) is 0 Å². The monoisotopic (exact) mass is 296 g/mol. The molecule has 1 aromatic carbocycles. The molecule has 0 atom stereocenters. The predicted molar refractivity (Wildman–Crippen MR) is 85.6 cm³/mol. The first-order valence-corrected chi connectivity index (χ1v) is 8.02. The zero-order valence-corrected chi connectivity index (χ0v) is 13.3. The molecule has 0 aliphatic carbocycles. The van der Waals surface area contributed by atoms with Crippen molar-refractivity contribution in [2.24, 2.45) is 5.41 Å². The fourth-order valence-electron chi connectivity index (χ4n) is 1.60. The Bertz CT molecular complexity index is 551. The van der Waals surface area contributed by atoms with Crippen LogP contribution in [0, 0.1) is 5.41 Å². The predicted octanol–water partition coefficient (Wildman–Crippen LogP) is 4.01. The normalized spacial score (nSPS) is 12.0. The highest BCUT2D eigenvalue weighted by Gasteiger charge is 2.17. The number of nitrogens with zero attached hydrogens (tertiary/aromatic N) is 1. The number of aromatic nitrogens is 2. The quantitative estimate of drug-likeness (QED) is 0.625. The average Bonchev–Trinajstić information content (AvgIpc) is 2.79. The van der Waals surface area contributed by atoms with Crippen molar-refractivity contribution in [3.63, 3.8) is 0 Å². The number of nitrogens with one attached hydrogen (secondary N) is 1.